The Morgan fingerprint density at radius 3 is 1.92 bits per heavy atom. The van der Waals surface area contributed by atoms with Crippen LogP contribution in [0.4, 0.5) is 9.59 Å². The number of aromatic nitrogens is 4. The Bertz CT molecular complexity index is 2630. The molecule has 2 aliphatic heterocycles. The molecule has 0 aliphatic carbocycles. The van der Waals surface area contributed by atoms with Gasteiger partial charge in [0.25, 0.3) is 17.7 Å². The molecule has 0 radical (unpaired) electrons. The third kappa shape index (κ3) is 8.47. The summed E-state index contributed by atoms with van der Waals surface area (Å²) >= 11 is 0. The van der Waals surface area contributed by atoms with Gasteiger partial charge in [-0.2, -0.15) is 0 Å². The highest BCUT2D eigenvalue weighted by Crippen LogP contribution is 2.39. The molecule has 8 rings (SSSR count). The number of hydrogen-bond donors (Lipinski definition) is 5. The molecule has 16 heteroatoms. The number of nitrogens with one attached hydrogen (secondary N) is 3. The maximum absolute atomic E-state index is 14.2. The number of nitrogens with zero attached hydrogens (tertiary/aromatic N) is 4. The van der Waals surface area contributed by atoms with Crippen molar-refractivity contribution in [1.82, 2.24) is 35.1 Å². The van der Waals surface area contributed by atoms with Gasteiger partial charge in [0.15, 0.2) is 5.69 Å². The van der Waals surface area contributed by atoms with Gasteiger partial charge in [-0.25, -0.2) is 19.6 Å². The van der Waals surface area contributed by atoms with E-state index in [9.17, 15) is 24.0 Å². The molecule has 2 fully saturated rings. The number of aromatic amines is 2. The number of likely N-dealkylation sites (tertiary alicyclic amines) is 2. The fourth-order valence-corrected chi connectivity index (χ4v) is 8.60. The van der Waals surface area contributed by atoms with Crippen molar-refractivity contribution >= 4 is 29.9 Å². The summed E-state index contributed by atoms with van der Waals surface area (Å²) in [5, 5.41) is 2.70. The van der Waals surface area contributed by atoms with Crippen LogP contribution in [0.5, 0.6) is 0 Å². The zero-order valence-electron chi connectivity index (χ0n) is 34.7. The lowest BCUT2D eigenvalue weighted by Gasteiger charge is -2.34. The fraction of sp³-hybridized carbons (Fsp3) is 0.255. The molecule has 63 heavy (non-hydrogen) atoms. The molecule has 0 saturated carbocycles. The Labute approximate surface area is 363 Å². The summed E-state index contributed by atoms with van der Waals surface area (Å²) in [5.41, 5.74) is 15.4. The van der Waals surface area contributed by atoms with E-state index in [1.165, 1.54) is 14.0 Å². The lowest BCUT2D eigenvalue weighted by atomic mass is 9.93. The number of rotatable bonds is 12. The molecule has 0 unspecified atom stereocenters. The van der Waals surface area contributed by atoms with Crippen LogP contribution in [-0.4, -0.2) is 79.8 Å². The Morgan fingerprint density at radius 2 is 1.32 bits per heavy atom. The second kappa shape index (κ2) is 17.7. The minimum atomic E-state index is -1.69. The predicted molar refractivity (Wildman–Crippen MR) is 232 cm³/mol. The van der Waals surface area contributed by atoms with Crippen molar-refractivity contribution in [2.45, 2.75) is 56.3 Å². The van der Waals surface area contributed by atoms with Crippen LogP contribution in [0.2, 0.25) is 0 Å². The normalized spacial score (nSPS) is 17.4. The molecule has 4 atom stereocenters. The monoisotopic (exact) mass is 849 g/mol. The van der Waals surface area contributed by atoms with Crippen LogP contribution in [0.1, 0.15) is 84.0 Å². The van der Waals surface area contributed by atoms with E-state index in [2.05, 4.69) is 25.3 Å². The van der Waals surface area contributed by atoms with Crippen LogP contribution < -0.4 is 16.8 Å². The van der Waals surface area contributed by atoms with Crippen molar-refractivity contribution in [3.05, 3.63) is 144 Å². The highest BCUT2D eigenvalue weighted by molar-refractivity contribution is 5.97. The Kier molecular flexibility index (Phi) is 11.8. The number of amides is 5. The summed E-state index contributed by atoms with van der Waals surface area (Å²) in [6, 6.07) is 31.6. The predicted octanol–water partition coefficient (Wildman–Crippen LogP) is 6.67. The van der Waals surface area contributed by atoms with Gasteiger partial charge in [-0.05, 0) is 54.9 Å². The van der Waals surface area contributed by atoms with Gasteiger partial charge >= 0.3 is 12.2 Å². The van der Waals surface area contributed by atoms with E-state index >= 15 is 0 Å². The highest BCUT2D eigenvalue weighted by Gasteiger charge is 2.46. The average Bonchev–Trinajstić information content (AvgIpc) is 4.15. The van der Waals surface area contributed by atoms with E-state index in [-0.39, 0.29) is 17.6 Å². The summed E-state index contributed by atoms with van der Waals surface area (Å²) in [6.45, 7) is 2.41. The number of ether oxygens (including phenoxy) is 2. The first kappa shape index (κ1) is 42.0. The third-order valence-electron chi connectivity index (χ3n) is 11.8. The van der Waals surface area contributed by atoms with E-state index in [1.54, 1.807) is 58.5 Å². The molecule has 4 aromatic carbocycles. The number of imidazole rings is 2. The maximum atomic E-state index is 14.2. The van der Waals surface area contributed by atoms with Gasteiger partial charge in [0.1, 0.15) is 17.7 Å². The van der Waals surface area contributed by atoms with Crippen LogP contribution in [-0.2, 0) is 24.7 Å². The van der Waals surface area contributed by atoms with Crippen LogP contribution in [0.25, 0.3) is 33.6 Å². The minimum absolute atomic E-state index is 0.0403. The smallest absolute Gasteiger partial charge is 0.407 e. The molecule has 5 amide bonds. The van der Waals surface area contributed by atoms with Crippen molar-refractivity contribution in [3.8, 4) is 33.6 Å². The molecule has 2 aliphatic rings. The summed E-state index contributed by atoms with van der Waals surface area (Å²) in [4.78, 5) is 84.4. The number of carbonyl (C=O) groups excluding carboxylic acids is 5. The summed E-state index contributed by atoms with van der Waals surface area (Å²) in [7, 11) is 1.26. The van der Waals surface area contributed by atoms with E-state index < -0.39 is 41.7 Å². The number of primary amides is 2. The molecule has 6 aromatic rings. The SMILES string of the molecule is COC(=O)N[C@@H](C(=O)N1CCC[C@H]1c1ncc(-c2ccc(-c3ccc(-c4[nH]c([C@@H]5CCCN5C(=O)[C@](C)(OC(N)=O)c5ccccc5)nc4C(N)=O)cc3)cc2)[nH]1)c1ccccc1. The minimum Gasteiger partial charge on any atom is -0.453 e. The lowest BCUT2D eigenvalue weighted by molar-refractivity contribution is -0.151. The summed E-state index contributed by atoms with van der Waals surface area (Å²) in [5.74, 6) is -0.384. The Morgan fingerprint density at radius 1 is 0.746 bits per heavy atom. The molecular weight excluding hydrogens is 803 g/mol. The largest absolute Gasteiger partial charge is 0.453 e. The second-order valence-electron chi connectivity index (χ2n) is 15.7. The van der Waals surface area contributed by atoms with E-state index in [4.69, 9.17) is 20.9 Å². The molecule has 2 saturated heterocycles. The first-order valence-corrected chi connectivity index (χ1v) is 20.7. The fourth-order valence-electron chi connectivity index (χ4n) is 8.60. The second-order valence-corrected chi connectivity index (χ2v) is 15.7. The first-order valence-electron chi connectivity index (χ1n) is 20.7. The molecule has 4 heterocycles. The highest BCUT2D eigenvalue weighted by atomic mass is 16.6. The van der Waals surface area contributed by atoms with E-state index in [0.29, 0.717) is 60.0 Å². The molecule has 322 valence electrons. The van der Waals surface area contributed by atoms with Crippen molar-refractivity contribution in [2.75, 3.05) is 20.2 Å². The van der Waals surface area contributed by atoms with Crippen molar-refractivity contribution < 1.29 is 33.4 Å². The van der Waals surface area contributed by atoms with Crippen molar-refractivity contribution in [2.24, 2.45) is 11.5 Å². The topological polar surface area (TPSA) is 232 Å². The van der Waals surface area contributed by atoms with E-state index in [1.807, 2.05) is 66.7 Å². The van der Waals surface area contributed by atoms with Gasteiger partial charge in [0.2, 0.25) is 5.60 Å². The molecule has 2 aromatic heterocycles. The lowest BCUT2D eigenvalue weighted by Crippen LogP contribution is -2.48. The quantitative estimate of drug-likeness (QED) is 0.0884. The van der Waals surface area contributed by atoms with Crippen molar-refractivity contribution in [3.63, 3.8) is 0 Å². The van der Waals surface area contributed by atoms with Crippen LogP contribution >= 0.6 is 0 Å². The standard InChI is InChI=1S/C47H47N9O7/c1-47(63-45(49)60,33-13-7-4-8-14-33)44(59)56-26-10-16-36(56)42-52-37(39(53-42)40(48)57)32-23-19-29(20-24-32)28-17-21-30(22-18-28)34-27-50-41(51-34)35-15-9-25-55(35)43(58)38(54-46(61)62-2)31-11-5-3-6-12-31/h3-8,11-14,17-24,27,35-36,38H,9-10,15-16,25-26H2,1-2H3,(H2,48,57)(H2,49,60)(H,50,51)(H,52,53)(H,54,61)/t35-,36-,38+,47+/m0/s1. The number of carbonyl (C=O) groups is 5. The maximum Gasteiger partial charge on any atom is 0.407 e. The van der Waals surface area contributed by atoms with Gasteiger partial charge in [-0.3, -0.25) is 14.4 Å². The van der Waals surface area contributed by atoms with Gasteiger partial charge in [0, 0.05) is 24.2 Å². The number of methoxy groups -OCH3 is 1. The van der Waals surface area contributed by atoms with Gasteiger partial charge in [0.05, 0.1) is 36.8 Å². The third-order valence-corrected chi connectivity index (χ3v) is 11.8. The summed E-state index contributed by atoms with van der Waals surface area (Å²) < 4.78 is 10.3. The Balaban J connectivity index is 0.978. The molecule has 16 nitrogen and oxygen atoms in total. The van der Waals surface area contributed by atoms with E-state index in [0.717, 1.165) is 35.2 Å². The van der Waals surface area contributed by atoms with Crippen molar-refractivity contribution in [1.29, 1.82) is 0 Å². The molecular formula is C47H47N9O7. The average molecular weight is 850 g/mol. The number of hydrogen-bond acceptors (Lipinski definition) is 9. The molecule has 0 spiro atoms. The zero-order valence-corrected chi connectivity index (χ0v) is 34.7. The summed E-state index contributed by atoms with van der Waals surface area (Å²) in [6.07, 6.45) is 2.70. The number of benzene rings is 4. The van der Waals surface area contributed by atoms with Gasteiger partial charge in [-0.1, -0.05) is 109 Å². The van der Waals surface area contributed by atoms with Crippen LogP contribution in [0, 0.1) is 0 Å². The first-order chi connectivity index (χ1) is 30.4. The van der Waals surface area contributed by atoms with Crippen LogP contribution in [0.15, 0.2) is 115 Å². The van der Waals surface area contributed by atoms with Gasteiger partial charge in [-0.15, -0.1) is 0 Å². The number of nitrogens with two attached hydrogens (primary N) is 2. The number of alkyl carbamates (subject to hydrolysis) is 1. The molecule has 7 N–H and O–H groups in total. The van der Waals surface area contributed by atoms with Crippen LogP contribution in [0.3, 0.4) is 0 Å². The Hall–Kier alpha value is -7.75. The van der Waals surface area contributed by atoms with Gasteiger partial charge < -0.3 is 46.0 Å². The molecule has 0 bridgehead atoms. The zero-order chi connectivity index (χ0) is 44.3. The number of H-pyrrole nitrogens is 2.